The second-order valence-corrected chi connectivity index (χ2v) is 7.81. The quantitative estimate of drug-likeness (QED) is 0.704. The lowest BCUT2D eigenvalue weighted by atomic mass is 9.80. The van der Waals surface area contributed by atoms with Crippen LogP contribution in [0.5, 0.6) is 0 Å². The van der Waals surface area contributed by atoms with Crippen LogP contribution in [-0.4, -0.2) is 11.8 Å². The highest BCUT2D eigenvalue weighted by atomic mass is 19.4. The van der Waals surface area contributed by atoms with Gasteiger partial charge in [0.05, 0.1) is 11.6 Å². The summed E-state index contributed by atoms with van der Waals surface area (Å²) in [5, 5.41) is 2.95. The first kappa shape index (κ1) is 21.9. The topological polar surface area (TPSA) is 72.2 Å². The van der Waals surface area contributed by atoms with Gasteiger partial charge in [0.15, 0.2) is 0 Å². The summed E-state index contributed by atoms with van der Waals surface area (Å²) in [6, 6.07) is 9.30. The Labute approximate surface area is 173 Å². The molecule has 0 bridgehead atoms. The molecule has 1 aliphatic carbocycles. The Bertz CT molecular complexity index is 934. The third kappa shape index (κ3) is 4.83. The van der Waals surface area contributed by atoms with Gasteiger partial charge < -0.3 is 11.1 Å². The van der Waals surface area contributed by atoms with Crippen molar-refractivity contribution in [1.29, 1.82) is 0 Å². The van der Waals surface area contributed by atoms with Crippen molar-refractivity contribution in [2.24, 2.45) is 11.7 Å². The fraction of sp³-hybridized carbons (Fsp3) is 0.391. The van der Waals surface area contributed by atoms with Crippen molar-refractivity contribution in [3.8, 4) is 0 Å². The highest BCUT2D eigenvalue weighted by molar-refractivity contribution is 6.01. The van der Waals surface area contributed by atoms with E-state index in [-0.39, 0.29) is 11.5 Å². The molecule has 0 aliphatic heterocycles. The maximum Gasteiger partial charge on any atom is 0.416 e. The van der Waals surface area contributed by atoms with Gasteiger partial charge in [-0.15, -0.1) is 0 Å². The number of primary amides is 1. The van der Waals surface area contributed by atoms with E-state index in [9.17, 15) is 22.8 Å². The molecule has 2 aromatic rings. The van der Waals surface area contributed by atoms with E-state index in [1.54, 1.807) is 31.2 Å². The molecule has 0 spiro atoms. The molecule has 2 amide bonds. The minimum absolute atomic E-state index is 0.0470. The molecule has 1 saturated carbocycles. The number of rotatable bonds is 5. The highest BCUT2D eigenvalue weighted by Crippen LogP contribution is 2.37. The number of hydrogen-bond acceptors (Lipinski definition) is 2. The number of nitrogens with one attached hydrogen (secondary N) is 1. The van der Waals surface area contributed by atoms with Gasteiger partial charge in [0, 0.05) is 11.1 Å². The first-order valence-electron chi connectivity index (χ1n) is 10.1. The van der Waals surface area contributed by atoms with Crippen molar-refractivity contribution in [2.75, 3.05) is 0 Å². The van der Waals surface area contributed by atoms with Crippen molar-refractivity contribution in [3.63, 3.8) is 0 Å². The van der Waals surface area contributed by atoms with E-state index in [0.717, 1.165) is 44.2 Å². The SMILES string of the molecule is Cc1c(C(N)=O)cccc1C(=O)NC(c1cccc(C(F)(F)F)c1)C1CCCCC1. The molecule has 3 rings (SSSR count). The Kier molecular flexibility index (Phi) is 6.48. The monoisotopic (exact) mass is 418 g/mol. The Morgan fingerprint density at radius 1 is 1.03 bits per heavy atom. The van der Waals surface area contributed by atoms with Gasteiger partial charge in [-0.1, -0.05) is 37.5 Å². The molecule has 0 heterocycles. The Hall–Kier alpha value is -2.83. The number of hydrogen-bond donors (Lipinski definition) is 2. The van der Waals surface area contributed by atoms with Crippen LogP contribution >= 0.6 is 0 Å². The van der Waals surface area contributed by atoms with E-state index in [2.05, 4.69) is 5.32 Å². The van der Waals surface area contributed by atoms with E-state index in [1.807, 2.05) is 0 Å². The lowest BCUT2D eigenvalue weighted by Crippen LogP contribution is -2.35. The molecule has 1 atom stereocenters. The summed E-state index contributed by atoms with van der Waals surface area (Å²) in [5.41, 5.74) is 6.07. The van der Waals surface area contributed by atoms with Crippen LogP contribution < -0.4 is 11.1 Å². The number of carbonyl (C=O) groups excluding carboxylic acids is 2. The van der Waals surface area contributed by atoms with Gasteiger partial charge in [0.2, 0.25) is 5.91 Å². The lowest BCUT2D eigenvalue weighted by Gasteiger charge is -2.32. The van der Waals surface area contributed by atoms with E-state index in [4.69, 9.17) is 5.73 Å². The van der Waals surface area contributed by atoms with Gasteiger partial charge in [-0.3, -0.25) is 9.59 Å². The van der Waals surface area contributed by atoms with E-state index in [1.165, 1.54) is 6.07 Å². The molecule has 1 fully saturated rings. The second-order valence-electron chi connectivity index (χ2n) is 7.81. The van der Waals surface area contributed by atoms with Crippen LogP contribution in [0.4, 0.5) is 13.2 Å². The Morgan fingerprint density at radius 2 is 1.67 bits per heavy atom. The molecular weight excluding hydrogens is 393 g/mol. The van der Waals surface area contributed by atoms with Crippen LogP contribution in [0.2, 0.25) is 0 Å². The lowest BCUT2D eigenvalue weighted by molar-refractivity contribution is -0.137. The Balaban J connectivity index is 1.95. The maximum absolute atomic E-state index is 13.2. The van der Waals surface area contributed by atoms with Crippen LogP contribution in [0.15, 0.2) is 42.5 Å². The van der Waals surface area contributed by atoms with E-state index < -0.39 is 29.6 Å². The first-order chi connectivity index (χ1) is 14.2. The van der Waals surface area contributed by atoms with Crippen molar-refractivity contribution in [1.82, 2.24) is 5.32 Å². The predicted molar refractivity (Wildman–Crippen MR) is 108 cm³/mol. The van der Waals surface area contributed by atoms with Crippen LogP contribution in [0.1, 0.15) is 75.6 Å². The normalized spacial score (nSPS) is 16.1. The van der Waals surface area contributed by atoms with Gasteiger partial charge in [-0.2, -0.15) is 13.2 Å². The van der Waals surface area contributed by atoms with Gasteiger partial charge in [0.25, 0.3) is 5.91 Å². The van der Waals surface area contributed by atoms with Gasteiger partial charge in [0.1, 0.15) is 0 Å². The average Bonchev–Trinajstić information content (AvgIpc) is 2.72. The van der Waals surface area contributed by atoms with Crippen LogP contribution in [0.25, 0.3) is 0 Å². The van der Waals surface area contributed by atoms with Crippen LogP contribution in [0, 0.1) is 12.8 Å². The first-order valence-corrected chi connectivity index (χ1v) is 10.1. The van der Waals surface area contributed by atoms with Gasteiger partial charge >= 0.3 is 6.18 Å². The number of nitrogens with two attached hydrogens (primary N) is 1. The molecule has 1 unspecified atom stereocenters. The fourth-order valence-electron chi connectivity index (χ4n) is 4.22. The molecule has 3 N–H and O–H groups in total. The third-order valence-electron chi connectivity index (χ3n) is 5.82. The van der Waals surface area contributed by atoms with Crippen molar-refractivity contribution < 1.29 is 22.8 Å². The summed E-state index contributed by atoms with van der Waals surface area (Å²) >= 11 is 0. The molecule has 1 aliphatic rings. The van der Waals surface area contributed by atoms with E-state index >= 15 is 0 Å². The molecule has 160 valence electrons. The highest BCUT2D eigenvalue weighted by Gasteiger charge is 2.33. The number of benzene rings is 2. The number of amides is 2. The molecule has 30 heavy (non-hydrogen) atoms. The zero-order chi connectivity index (χ0) is 21.9. The number of halogens is 3. The fourth-order valence-corrected chi connectivity index (χ4v) is 4.22. The van der Waals surface area contributed by atoms with Crippen molar-refractivity contribution in [3.05, 3.63) is 70.3 Å². The summed E-state index contributed by atoms with van der Waals surface area (Å²) < 4.78 is 39.7. The summed E-state index contributed by atoms with van der Waals surface area (Å²) in [4.78, 5) is 24.7. The molecular formula is C23H25F3N2O2. The molecule has 0 radical (unpaired) electrons. The minimum atomic E-state index is -4.45. The third-order valence-corrected chi connectivity index (χ3v) is 5.82. The van der Waals surface area contributed by atoms with E-state index in [0.29, 0.717) is 16.7 Å². The summed E-state index contributed by atoms with van der Waals surface area (Å²) in [5.74, 6) is -1.02. The minimum Gasteiger partial charge on any atom is -0.366 e. The number of alkyl halides is 3. The smallest absolute Gasteiger partial charge is 0.366 e. The number of carbonyl (C=O) groups is 2. The molecule has 4 nitrogen and oxygen atoms in total. The summed E-state index contributed by atoms with van der Waals surface area (Å²) in [6.07, 6.45) is 0.254. The van der Waals surface area contributed by atoms with Gasteiger partial charge in [-0.25, -0.2) is 0 Å². The molecule has 0 aromatic heterocycles. The van der Waals surface area contributed by atoms with Crippen LogP contribution in [-0.2, 0) is 6.18 Å². The average molecular weight is 418 g/mol. The van der Waals surface area contributed by atoms with Gasteiger partial charge in [-0.05, 0) is 61.1 Å². The molecule has 0 saturated heterocycles. The van der Waals surface area contributed by atoms with Crippen LogP contribution in [0.3, 0.4) is 0 Å². The summed E-state index contributed by atoms with van der Waals surface area (Å²) in [7, 11) is 0. The standard InChI is InChI=1S/C23H25F3N2O2/c1-14-18(21(27)29)11-6-12-19(14)22(30)28-20(15-7-3-2-4-8-15)16-9-5-10-17(13-16)23(24,25)26/h5-6,9-13,15,20H,2-4,7-8H2,1H3,(H2,27,29)(H,28,30). The zero-order valence-electron chi connectivity index (χ0n) is 16.8. The Morgan fingerprint density at radius 3 is 2.30 bits per heavy atom. The maximum atomic E-state index is 13.2. The molecule has 7 heteroatoms. The zero-order valence-corrected chi connectivity index (χ0v) is 16.8. The second kappa shape index (κ2) is 8.90. The van der Waals surface area contributed by atoms with Crippen molar-refractivity contribution >= 4 is 11.8 Å². The van der Waals surface area contributed by atoms with Crippen molar-refractivity contribution in [2.45, 2.75) is 51.2 Å². The largest absolute Gasteiger partial charge is 0.416 e. The summed E-state index contributed by atoms with van der Waals surface area (Å²) in [6.45, 7) is 1.63. The molecule has 2 aromatic carbocycles. The predicted octanol–water partition coefficient (Wildman–Crippen LogP) is 5.16.